The van der Waals surface area contributed by atoms with Crippen LogP contribution in [-0.2, 0) is 11.4 Å². The summed E-state index contributed by atoms with van der Waals surface area (Å²) in [6.07, 6.45) is 3.76. The fourth-order valence-corrected chi connectivity index (χ4v) is 4.39. The van der Waals surface area contributed by atoms with Crippen molar-refractivity contribution in [1.82, 2.24) is 0 Å². The van der Waals surface area contributed by atoms with Crippen molar-refractivity contribution in [2.75, 3.05) is 28.4 Å². The van der Waals surface area contributed by atoms with Gasteiger partial charge in [-0.1, -0.05) is 54.6 Å². The first-order chi connectivity index (χ1) is 19.4. The topological polar surface area (TPSA) is 83.5 Å². The monoisotopic (exact) mass is 540 g/mol. The van der Waals surface area contributed by atoms with E-state index >= 15 is 0 Å². The molecule has 1 N–H and O–H groups in total. The Kier molecular flexibility index (Phi) is 9.31. The summed E-state index contributed by atoms with van der Waals surface area (Å²) in [7, 11) is 6.10. The summed E-state index contributed by atoms with van der Waals surface area (Å²) in [5, 5.41) is 10.4. The second kappa shape index (κ2) is 13.2. The summed E-state index contributed by atoms with van der Waals surface area (Å²) in [5.41, 5.74) is 3.60. The number of hydrogen-bond acceptors (Lipinski definition) is 6. The van der Waals surface area contributed by atoms with Crippen LogP contribution in [0.5, 0.6) is 28.7 Å². The minimum absolute atomic E-state index is 0.387. The summed E-state index contributed by atoms with van der Waals surface area (Å²) < 4.78 is 27.8. The predicted octanol–water partition coefficient (Wildman–Crippen LogP) is 6.69. The molecule has 206 valence electrons. The molecule has 0 amide bonds. The number of hydrogen-bond donors (Lipinski definition) is 1. The molecule has 0 saturated carbocycles. The highest BCUT2D eigenvalue weighted by Gasteiger charge is 2.29. The van der Waals surface area contributed by atoms with Gasteiger partial charge in [0.05, 0.1) is 28.4 Å². The van der Waals surface area contributed by atoms with E-state index < -0.39 is 11.9 Å². The number of carboxylic acids is 1. The van der Waals surface area contributed by atoms with Crippen molar-refractivity contribution in [3.63, 3.8) is 0 Å². The maximum Gasteiger partial charge on any atom is 0.315 e. The van der Waals surface area contributed by atoms with E-state index in [0.29, 0.717) is 46.3 Å². The normalized spacial score (nSPS) is 11.6. The summed E-state index contributed by atoms with van der Waals surface area (Å²) in [6, 6.07) is 26.2. The Hall–Kier alpha value is -4.91. The van der Waals surface area contributed by atoms with Gasteiger partial charge in [0, 0.05) is 17.7 Å². The summed E-state index contributed by atoms with van der Waals surface area (Å²) >= 11 is 0. The van der Waals surface area contributed by atoms with E-state index in [1.165, 1.54) is 21.3 Å². The predicted molar refractivity (Wildman–Crippen MR) is 155 cm³/mol. The molecule has 1 unspecified atom stereocenters. The third kappa shape index (κ3) is 6.74. The zero-order valence-electron chi connectivity index (χ0n) is 22.9. The number of benzene rings is 4. The van der Waals surface area contributed by atoms with Gasteiger partial charge in [-0.15, -0.1) is 0 Å². The molecule has 0 spiro atoms. The largest absolute Gasteiger partial charge is 0.497 e. The van der Waals surface area contributed by atoms with Crippen molar-refractivity contribution in [3.8, 4) is 28.7 Å². The average molecular weight is 541 g/mol. The highest BCUT2D eigenvalue weighted by Crippen LogP contribution is 2.41. The number of carboxylic acid groups (broad SMARTS) is 1. The Bertz CT molecular complexity index is 1440. The molecule has 1 atom stereocenters. The zero-order valence-corrected chi connectivity index (χ0v) is 22.9. The standard InChI is InChI=1S/C33H32O7/c1-36-27-17-25(18-28(19-27)37-2)32(33(34)35)31-24(16-29(38-3)20-30(31)39-4)13-10-22-11-14-26(15-12-22)40-21-23-8-6-5-7-9-23/h5-20,32H,21H2,1-4H3,(H,34,35). The van der Waals surface area contributed by atoms with Crippen LogP contribution in [0.4, 0.5) is 0 Å². The minimum Gasteiger partial charge on any atom is -0.497 e. The van der Waals surface area contributed by atoms with Gasteiger partial charge < -0.3 is 28.8 Å². The van der Waals surface area contributed by atoms with Crippen LogP contribution in [0.25, 0.3) is 12.2 Å². The number of methoxy groups -OCH3 is 4. The Morgan fingerprint density at radius 1 is 0.725 bits per heavy atom. The lowest BCUT2D eigenvalue weighted by molar-refractivity contribution is -0.137. The molecule has 0 aliphatic carbocycles. The van der Waals surface area contributed by atoms with Crippen molar-refractivity contribution in [1.29, 1.82) is 0 Å². The molecule has 0 aliphatic heterocycles. The molecule has 0 bridgehead atoms. The Labute approximate surface area is 234 Å². The maximum atomic E-state index is 12.7. The summed E-state index contributed by atoms with van der Waals surface area (Å²) in [5.74, 6) is 0.531. The van der Waals surface area contributed by atoms with Crippen LogP contribution in [0, 0.1) is 0 Å². The van der Waals surface area contributed by atoms with E-state index in [2.05, 4.69) is 0 Å². The first kappa shape index (κ1) is 28.1. The van der Waals surface area contributed by atoms with Crippen LogP contribution in [0.3, 0.4) is 0 Å². The van der Waals surface area contributed by atoms with Gasteiger partial charge >= 0.3 is 5.97 Å². The zero-order chi connectivity index (χ0) is 28.5. The summed E-state index contributed by atoms with van der Waals surface area (Å²) in [6.45, 7) is 0.481. The van der Waals surface area contributed by atoms with E-state index in [1.54, 1.807) is 37.4 Å². The molecule has 7 nitrogen and oxygen atoms in total. The van der Waals surface area contributed by atoms with Crippen molar-refractivity contribution in [3.05, 3.63) is 113 Å². The second-order valence-electron chi connectivity index (χ2n) is 8.93. The molecule has 0 fully saturated rings. The van der Waals surface area contributed by atoms with Crippen LogP contribution >= 0.6 is 0 Å². The number of aliphatic carboxylic acids is 1. The number of rotatable bonds is 12. The van der Waals surface area contributed by atoms with Crippen LogP contribution in [0.1, 0.15) is 33.7 Å². The molecule has 0 saturated heterocycles. The molecular formula is C33H32O7. The van der Waals surface area contributed by atoms with Gasteiger partial charge in [-0.2, -0.15) is 0 Å². The third-order valence-corrected chi connectivity index (χ3v) is 6.43. The third-order valence-electron chi connectivity index (χ3n) is 6.43. The van der Waals surface area contributed by atoms with Gasteiger partial charge in [0.15, 0.2) is 0 Å². The first-order valence-corrected chi connectivity index (χ1v) is 12.6. The molecule has 4 rings (SSSR count). The minimum atomic E-state index is -1.07. The molecule has 40 heavy (non-hydrogen) atoms. The fourth-order valence-electron chi connectivity index (χ4n) is 4.39. The molecule has 0 radical (unpaired) electrons. The van der Waals surface area contributed by atoms with Crippen molar-refractivity contribution in [2.24, 2.45) is 0 Å². The van der Waals surface area contributed by atoms with E-state index in [4.69, 9.17) is 23.7 Å². The van der Waals surface area contributed by atoms with E-state index in [-0.39, 0.29) is 0 Å². The molecule has 0 heterocycles. The lowest BCUT2D eigenvalue weighted by atomic mass is 9.86. The van der Waals surface area contributed by atoms with Gasteiger partial charge in [-0.3, -0.25) is 4.79 Å². The van der Waals surface area contributed by atoms with Crippen LogP contribution in [-0.4, -0.2) is 39.5 Å². The van der Waals surface area contributed by atoms with E-state index in [9.17, 15) is 9.90 Å². The highest BCUT2D eigenvalue weighted by molar-refractivity contribution is 5.86. The van der Waals surface area contributed by atoms with Gasteiger partial charge in [0.25, 0.3) is 0 Å². The Balaban J connectivity index is 1.70. The van der Waals surface area contributed by atoms with Crippen LogP contribution in [0.15, 0.2) is 84.9 Å². The van der Waals surface area contributed by atoms with E-state index in [0.717, 1.165) is 16.9 Å². The van der Waals surface area contributed by atoms with Crippen LogP contribution < -0.4 is 23.7 Å². The highest BCUT2D eigenvalue weighted by atomic mass is 16.5. The molecule has 4 aromatic rings. The van der Waals surface area contributed by atoms with Crippen molar-refractivity contribution in [2.45, 2.75) is 12.5 Å². The maximum absolute atomic E-state index is 12.7. The molecular weight excluding hydrogens is 508 g/mol. The molecule has 0 aliphatic rings. The van der Waals surface area contributed by atoms with Crippen molar-refractivity contribution >= 4 is 18.1 Å². The number of ether oxygens (including phenoxy) is 5. The first-order valence-electron chi connectivity index (χ1n) is 12.6. The lowest BCUT2D eigenvalue weighted by Gasteiger charge is -2.21. The Morgan fingerprint density at radius 3 is 1.93 bits per heavy atom. The Morgan fingerprint density at radius 2 is 1.35 bits per heavy atom. The molecule has 4 aromatic carbocycles. The average Bonchev–Trinajstić information content (AvgIpc) is 2.99. The smallest absolute Gasteiger partial charge is 0.315 e. The molecule has 0 aromatic heterocycles. The van der Waals surface area contributed by atoms with Gasteiger partial charge in [0.2, 0.25) is 0 Å². The van der Waals surface area contributed by atoms with Crippen molar-refractivity contribution < 1.29 is 33.6 Å². The SMILES string of the molecule is COc1cc(OC)cc(C(C(=O)O)c2c(C=Cc3ccc(OCc4ccccc4)cc3)cc(OC)cc2OC)c1. The quantitative estimate of drug-likeness (QED) is 0.201. The van der Waals surface area contributed by atoms with Gasteiger partial charge in [-0.05, 0) is 52.6 Å². The fraction of sp³-hybridized carbons (Fsp3) is 0.182. The van der Waals surface area contributed by atoms with Crippen LogP contribution in [0.2, 0.25) is 0 Å². The molecule has 7 heteroatoms. The van der Waals surface area contributed by atoms with E-state index in [1.807, 2.05) is 66.7 Å². The second-order valence-corrected chi connectivity index (χ2v) is 8.93. The lowest BCUT2D eigenvalue weighted by Crippen LogP contribution is -2.16. The summed E-state index contributed by atoms with van der Waals surface area (Å²) in [4.78, 5) is 12.7. The van der Waals surface area contributed by atoms with Gasteiger partial charge in [0.1, 0.15) is 41.3 Å². The number of carbonyl (C=O) groups is 1. The van der Waals surface area contributed by atoms with Gasteiger partial charge in [-0.25, -0.2) is 0 Å².